The molecule has 1 amide bonds. The van der Waals surface area contributed by atoms with Crippen molar-refractivity contribution in [3.8, 4) is 0 Å². The third kappa shape index (κ3) is 3.03. The van der Waals surface area contributed by atoms with Gasteiger partial charge in [0, 0.05) is 55.8 Å². The van der Waals surface area contributed by atoms with E-state index in [4.69, 9.17) is 4.74 Å². The zero-order valence-electron chi connectivity index (χ0n) is 17.5. The lowest BCUT2D eigenvalue weighted by molar-refractivity contribution is -0.100. The van der Waals surface area contributed by atoms with Crippen molar-refractivity contribution in [3.63, 3.8) is 0 Å². The number of aliphatic hydroxyl groups is 1. The van der Waals surface area contributed by atoms with Crippen molar-refractivity contribution in [1.82, 2.24) is 19.9 Å². The van der Waals surface area contributed by atoms with Crippen molar-refractivity contribution >= 4 is 11.9 Å². The molecule has 4 aliphatic rings. The fourth-order valence-corrected chi connectivity index (χ4v) is 6.08. The van der Waals surface area contributed by atoms with Crippen molar-refractivity contribution in [2.45, 2.75) is 37.4 Å². The van der Waals surface area contributed by atoms with Crippen molar-refractivity contribution < 1.29 is 14.6 Å². The predicted octanol–water partition coefficient (Wildman–Crippen LogP) is 1.09. The molecule has 8 nitrogen and oxygen atoms in total. The van der Waals surface area contributed by atoms with Crippen LogP contribution >= 0.6 is 0 Å². The molecule has 5 heterocycles. The molecule has 2 bridgehead atoms. The van der Waals surface area contributed by atoms with E-state index in [-0.39, 0.29) is 30.5 Å². The Balaban J connectivity index is 1.28. The number of pyridine rings is 1. The Kier molecular flexibility index (Phi) is 4.47. The molecular formula is C23H27N5O3. The normalized spacial score (nSPS) is 31.5. The Hall–Kier alpha value is -2.58. The van der Waals surface area contributed by atoms with E-state index in [1.165, 1.54) is 12.0 Å². The number of aromatic nitrogens is 3. The molecule has 0 radical (unpaired) electrons. The summed E-state index contributed by atoms with van der Waals surface area (Å²) < 4.78 is 6.50. The van der Waals surface area contributed by atoms with Crippen LogP contribution in [0.15, 0.2) is 30.7 Å². The maximum atomic E-state index is 13.5. The first-order chi connectivity index (χ1) is 15.2. The van der Waals surface area contributed by atoms with E-state index in [1.54, 1.807) is 24.7 Å². The van der Waals surface area contributed by atoms with E-state index in [9.17, 15) is 9.90 Å². The molecule has 4 atom stereocenters. The van der Waals surface area contributed by atoms with Gasteiger partial charge in [-0.3, -0.25) is 9.78 Å². The van der Waals surface area contributed by atoms with E-state index in [0.29, 0.717) is 31.1 Å². The summed E-state index contributed by atoms with van der Waals surface area (Å²) in [5, 5.41) is 10.1. The van der Waals surface area contributed by atoms with E-state index < -0.39 is 5.60 Å². The van der Waals surface area contributed by atoms with Gasteiger partial charge in [0.25, 0.3) is 5.91 Å². The lowest BCUT2D eigenvalue weighted by atomic mass is 9.83. The van der Waals surface area contributed by atoms with Crippen LogP contribution in [0.2, 0.25) is 0 Å². The summed E-state index contributed by atoms with van der Waals surface area (Å²) in [7, 11) is 0. The molecule has 31 heavy (non-hydrogen) atoms. The summed E-state index contributed by atoms with van der Waals surface area (Å²) in [5.74, 6) is 0.838. The van der Waals surface area contributed by atoms with Gasteiger partial charge < -0.3 is 19.6 Å². The summed E-state index contributed by atoms with van der Waals surface area (Å²) >= 11 is 0. The maximum absolute atomic E-state index is 13.5. The van der Waals surface area contributed by atoms with Crippen LogP contribution in [0, 0.1) is 11.8 Å². The molecule has 3 saturated heterocycles. The second kappa shape index (κ2) is 7.24. The lowest BCUT2D eigenvalue weighted by Crippen LogP contribution is -2.55. The van der Waals surface area contributed by atoms with Crippen LogP contribution in [0.1, 0.15) is 34.5 Å². The third-order valence-electron chi connectivity index (χ3n) is 7.54. The topological polar surface area (TPSA) is 91.7 Å². The largest absolute Gasteiger partial charge is 0.396 e. The van der Waals surface area contributed by atoms with E-state index >= 15 is 0 Å². The van der Waals surface area contributed by atoms with Gasteiger partial charge in [-0.15, -0.1) is 0 Å². The Bertz CT molecular complexity index is 1000. The molecule has 1 spiro atoms. The predicted molar refractivity (Wildman–Crippen MR) is 113 cm³/mol. The quantitative estimate of drug-likeness (QED) is 0.793. The number of fused-ring (bicyclic) bond motifs is 2. The number of carbonyl (C=O) groups is 1. The number of nitrogens with zero attached hydrogens (tertiary/aromatic N) is 5. The molecule has 0 aromatic carbocycles. The first-order valence-corrected chi connectivity index (χ1v) is 11.2. The molecule has 0 saturated carbocycles. The highest BCUT2D eigenvalue weighted by Crippen LogP contribution is 2.49. The fraction of sp³-hybridized carbons (Fsp3) is 0.565. The van der Waals surface area contributed by atoms with Gasteiger partial charge >= 0.3 is 0 Å². The summed E-state index contributed by atoms with van der Waals surface area (Å²) in [6.45, 7) is 2.45. The molecule has 162 valence electrons. The first kappa shape index (κ1) is 19.1. The number of aryl methyl sites for hydroxylation is 2. The number of morpholine rings is 1. The Morgan fingerprint density at radius 3 is 2.84 bits per heavy atom. The number of amides is 1. The molecule has 2 aromatic rings. The second-order valence-electron chi connectivity index (χ2n) is 9.33. The van der Waals surface area contributed by atoms with Crippen LogP contribution in [-0.2, 0) is 17.6 Å². The molecule has 1 aliphatic carbocycles. The van der Waals surface area contributed by atoms with Crippen molar-refractivity contribution in [2.24, 2.45) is 11.8 Å². The smallest absolute Gasteiger partial charge is 0.255 e. The second-order valence-corrected chi connectivity index (χ2v) is 9.33. The van der Waals surface area contributed by atoms with Crippen molar-refractivity contribution in [1.29, 1.82) is 0 Å². The van der Waals surface area contributed by atoms with Crippen LogP contribution in [0.5, 0.6) is 0 Å². The number of likely N-dealkylation sites (tertiary alicyclic amines) is 1. The molecule has 3 aliphatic heterocycles. The standard InChI is InChI=1S/C23H27N5O3/c29-12-17-18-10-28(22-24-6-3-7-25-22)14-23(18)13-27(11-20(17)31-23)21(30)16-8-15-4-1-2-5-19(15)26-9-16/h3,6-9,17-18,20,29H,1-2,4-5,10-14H2/t17-,18+,20+,23+/m0/s1. The van der Waals surface area contributed by atoms with Crippen molar-refractivity contribution in [3.05, 3.63) is 47.5 Å². The summed E-state index contributed by atoms with van der Waals surface area (Å²) in [6, 6.07) is 3.84. The number of rotatable bonds is 3. The van der Waals surface area contributed by atoms with Gasteiger partial charge in [0.2, 0.25) is 5.95 Å². The Morgan fingerprint density at radius 2 is 2.00 bits per heavy atom. The van der Waals surface area contributed by atoms with Crippen LogP contribution in [-0.4, -0.2) is 75.4 Å². The average molecular weight is 422 g/mol. The highest BCUT2D eigenvalue weighted by molar-refractivity contribution is 5.94. The number of aliphatic hydroxyl groups excluding tert-OH is 1. The number of hydrogen-bond acceptors (Lipinski definition) is 7. The van der Waals surface area contributed by atoms with Gasteiger partial charge in [-0.2, -0.15) is 0 Å². The molecule has 3 fully saturated rings. The number of ether oxygens (including phenoxy) is 1. The summed E-state index contributed by atoms with van der Waals surface area (Å²) in [6.07, 6.45) is 9.41. The van der Waals surface area contributed by atoms with E-state index in [2.05, 4.69) is 19.9 Å². The third-order valence-corrected chi connectivity index (χ3v) is 7.54. The first-order valence-electron chi connectivity index (χ1n) is 11.2. The van der Waals surface area contributed by atoms with Crippen molar-refractivity contribution in [2.75, 3.05) is 37.7 Å². The van der Waals surface area contributed by atoms with Crippen LogP contribution in [0.3, 0.4) is 0 Å². The van der Waals surface area contributed by atoms with Crippen LogP contribution in [0.4, 0.5) is 5.95 Å². The molecular weight excluding hydrogens is 394 g/mol. The SMILES string of the molecule is O=C(c1cnc2c(c1)CCCC2)N1C[C@H]2O[C@]3(C1)CN(c1ncccn1)C[C@@H]3[C@@H]2CO. The number of hydrogen-bond donors (Lipinski definition) is 1. The Labute approximate surface area is 181 Å². The average Bonchev–Trinajstić information content (AvgIpc) is 3.26. The highest BCUT2D eigenvalue weighted by Gasteiger charge is 2.63. The zero-order chi connectivity index (χ0) is 21.0. The van der Waals surface area contributed by atoms with Gasteiger partial charge in [-0.1, -0.05) is 0 Å². The minimum atomic E-state index is -0.493. The summed E-state index contributed by atoms with van der Waals surface area (Å²) in [4.78, 5) is 30.9. The Morgan fingerprint density at radius 1 is 1.16 bits per heavy atom. The van der Waals surface area contributed by atoms with E-state index in [1.807, 2.05) is 11.0 Å². The lowest BCUT2D eigenvalue weighted by Gasteiger charge is -2.40. The zero-order valence-corrected chi connectivity index (χ0v) is 17.5. The fourth-order valence-electron chi connectivity index (χ4n) is 6.08. The van der Waals surface area contributed by atoms with Crippen LogP contribution < -0.4 is 4.90 Å². The number of anilines is 1. The molecule has 0 unspecified atom stereocenters. The van der Waals surface area contributed by atoms with Gasteiger partial charge in [0.05, 0.1) is 24.8 Å². The van der Waals surface area contributed by atoms with Gasteiger partial charge in [-0.05, 0) is 43.4 Å². The molecule has 6 rings (SSSR count). The summed E-state index contributed by atoms with van der Waals surface area (Å²) in [5.41, 5.74) is 2.52. The van der Waals surface area contributed by atoms with Crippen LogP contribution in [0.25, 0.3) is 0 Å². The number of carbonyl (C=O) groups excluding carboxylic acids is 1. The monoisotopic (exact) mass is 421 g/mol. The van der Waals surface area contributed by atoms with E-state index in [0.717, 1.165) is 31.5 Å². The molecule has 1 N–H and O–H groups in total. The minimum absolute atomic E-state index is 0.00757. The molecule has 2 aromatic heterocycles. The highest BCUT2D eigenvalue weighted by atomic mass is 16.5. The van der Waals surface area contributed by atoms with Gasteiger partial charge in [0.15, 0.2) is 0 Å². The van der Waals surface area contributed by atoms with Gasteiger partial charge in [0.1, 0.15) is 5.60 Å². The minimum Gasteiger partial charge on any atom is -0.396 e. The molecule has 8 heteroatoms. The van der Waals surface area contributed by atoms with Gasteiger partial charge in [-0.25, -0.2) is 9.97 Å². The maximum Gasteiger partial charge on any atom is 0.255 e.